The topological polar surface area (TPSA) is 89.5 Å². The number of likely N-dealkylation sites (tertiary alicyclic amines) is 1. The van der Waals surface area contributed by atoms with Gasteiger partial charge >= 0.3 is 5.69 Å². The molecule has 166 valence electrons. The lowest BCUT2D eigenvalue weighted by atomic mass is 10.0. The number of nitrogens with one attached hydrogen (secondary N) is 1. The number of carbonyl (C=O) groups is 1. The van der Waals surface area contributed by atoms with E-state index >= 15 is 0 Å². The lowest BCUT2D eigenvalue weighted by Crippen LogP contribution is -2.32. The van der Waals surface area contributed by atoms with Crippen molar-refractivity contribution in [2.24, 2.45) is 0 Å². The second-order valence-electron chi connectivity index (χ2n) is 7.82. The van der Waals surface area contributed by atoms with E-state index in [9.17, 15) is 9.59 Å². The van der Waals surface area contributed by atoms with Crippen LogP contribution in [0.3, 0.4) is 0 Å². The van der Waals surface area contributed by atoms with E-state index in [1.807, 2.05) is 53.4 Å². The second-order valence-corrected chi connectivity index (χ2v) is 8.76. The van der Waals surface area contributed by atoms with Crippen LogP contribution in [0.15, 0.2) is 58.5 Å². The summed E-state index contributed by atoms with van der Waals surface area (Å²) >= 11 is 1.29. The van der Waals surface area contributed by atoms with Gasteiger partial charge in [0, 0.05) is 6.54 Å². The van der Waals surface area contributed by atoms with Gasteiger partial charge in [-0.3, -0.25) is 9.36 Å². The third-order valence-corrected chi connectivity index (χ3v) is 6.72. The highest BCUT2D eigenvalue weighted by molar-refractivity contribution is 7.99. The van der Waals surface area contributed by atoms with Crippen LogP contribution in [0.2, 0.25) is 0 Å². The molecule has 1 amide bonds. The molecule has 0 radical (unpaired) electrons. The summed E-state index contributed by atoms with van der Waals surface area (Å²) < 4.78 is 12.9. The number of aromatic amines is 1. The molecule has 1 saturated heterocycles. The Morgan fingerprint density at radius 1 is 1.12 bits per heavy atom. The molecule has 1 aromatic heterocycles. The molecule has 1 unspecified atom stereocenters. The van der Waals surface area contributed by atoms with Crippen molar-refractivity contribution in [3.8, 4) is 11.5 Å². The first-order valence-corrected chi connectivity index (χ1v) is 11.7. The van der Waals surface area contributed by atoms with Crippen molar-refractivity contribution in [2.45, 2.75) is 30.6 Å². The average Bonchev–Trinajstić information content (AvgIpc) is 3.45. The standard InChI is InChI=1S/C23H24N4O4S/c28-21(15-32-23-25-24-22(29)27(23)14-16-5-2-1-3-6-16)26-10-4-7-18(26)17-8-9-19-20(13-17)31-12-11-30-19/h1-3,5-6,8-9,13,18H,4,7,10-12,14-15H2,(H,24,29). The largest absolute Gasteiger partial charge is 0.486 e. The summed E-state index contributed by atoms with van der Waals surface area (Å²) in [6, 6.07) is 15.7. The van der Waals surface area contributed by atoms with E-state index in [0.717, 1.165) is 42.0 Å². The highest BCUT2D eigenvalue weighted by Crippen LogP contribution is 2.38. The van der Waals surface area contributed by atoms with Crippen LogP contribution >= 0.6 is 11.8 Å². The summed E-state index contributed by atoms with van der Waals surface area (Å²) in [6.45, 7) is 2.22. The van der Waals surface area contributed by atoms with Crippen molar-refractivity contribution in [1.82, 2.24) is 19.7 Å². The van der Waals surface area contributed by atoms with Crippen molar-refractivity contribution in [2.75, 3.05) is 25.5 Å². The molecule has 1 N–H and O–H groups in total. The molecule has 32 heavy (non-hydrogen) atoms. The predicted octanol–water partition coefficient (Wildman–Crippen LogP) is 2.85. The first-order chi connectivity index (χ1) is 15.7. The minimum atomic E-state index is -0.279. The molecule has 0 spiro atoms. The zero-order valence-electron chi connectivity index (χ0n) is 17.5. The fraction of sp³-hybridized carbons (Fsp3) is 0.348. The van der Waals surface area contributed by atoms with Crippen LogP contribution in [-0.2, 0) is 11.3 Å². The maximum absolute atomic E-state index is 13.1. The van der Waals surface area contributed by atoms with Crippen molar-refractivity contribution >= 4 is 17.7 Å². The van der Waals surface area contributed by atoms with Gasteiger partial charge in [0.2, 0.25) is 5.91 Å². The van der Waals surface area contributed by atoms with E-state index in [-0.39, 0.29) is 23.4 Å². The van der Waals surface area contributed by atoms with E-state index < -0.39 is 0 Å². The first kappa shape index (κ1) is 20.7. The predicted molar refractivity (Wildman–Crippen MR) is 120 cm³/mol. The molecule has 3 aromatic rings. The smallest absolute Gasteiger partial charge is 0.344 e. The fourth-order valence-corrected chi connectivity index (χ4v) is 5.04. The van der Waals surface area contributed by atoms with Crippen LogP contribution in [0.25, 0.3) is 0 Å². The van der Waals surface area contributed by atoms with Crippen molar-refractivity contribution in [1.29, 1.82) is 0 Å². The molecule has 5 rings (SSSR count). The van der Waals surface area contributed by atoms with Gasteiger partial charge in [-0.15, -0.1) is 5.10 Å². The summed E-state index contributed by atoms with van der Waals surface area (Å²) in [5.74, 6) is 1.75. The molecule has 0 saturated carbocycles. The molecule has 1 fully saturated rings. The molecule has 0 aliphatic carbocycles. The number of H-pyrrole nitrogens is 1. The maximum atomic E-state index is 13.1. The van der Waals surface area contributed by atoms with E-state index in [1.54, 1.807) is 4.57 Å². The lowest BCUT2D eigenvalue weighted by Gasteiger charge is -2.26. The maximum Gasteiger partial charge on any atom is 0.344 e. The van der Waals surface area contributed by atoms with Crippen LogP contribution in [-0.4, -0.2) is 51.1 Å². The number of amides is 1. The summed E-state index contributed by atoms with van der Waals surface area (Å²) in [4.78, 5) is 27.2. The Labute approximate surface area is 189 Å². The normalized spacial score (nSPS) is 17.5. The number of hydrogen-bond donors (Lipinski definition) is 1. The monoisotopic (exact) mass is 452 g/mol. The number of rotatable bonds is 6. The quantitative estimate of drug-likeness (QED) is 0.579. The molecule has 1 atom stereocenters. The number of carbonyl (C=O) groups excluding carboxylic acids is 1. The van der Waals surface area contributed by atoms with Gasteiger partial charge in [0.05, 0.1) is 18.3 Å². The third-order valence-electron chi connectivity index (χ3n) is 5.76. The van der Waals surface area contributed by atoms with Crippen molar-refractivity contribution in [3.63, 3.8) is 0 Å². The molecule has 2 aliphatic rings. The molecule has 0 bridgehead atoms. The second kappa shape index (κ2) is 9.12. The molecular weight excluding hydrogens is 428 g/mol. The SMILES string of the molecule is O=C(CSc1n[nH]c(=O)n1Cc1ccccc1)N1CCCC1c1ccc2c(c1)OCCO2. The zero-order chi connectivity index (χ0) is 21.9. The Morgan fingerprint density at radius 3 is 2.78 bits per heavy atom. The molecule has 2 aromatic carbocycles. The Hall–Kier alpha value is -3.20. The van der Waals surface area contributed by atoms with E-state index in [4.69, 9.17) is 9.47 Å². The Morgan fingerprint density at radius 2 is 1.94 bits per heavy atom. The number of fused-ring (bicyclic) bond motifs is 1. The van der Waals surface area contributed by atoms with Gasteiger partial charge in [0.15, 0.2) is 16.7 Å². The molecule has 8 nitrogen and oxygen atoms in total. The molecule has 3 heterocycles. The number of hydrogen-bond acceptors (Lipinski definition) is 6. The van der Waals surface area contributed by atoms with E-state index in [1.165, 1.54) is 11.8 Å². The highest BCUT2D eigenvalue weighted by atomic mass is 32.2. The minimum Gasteiger partial charge on any atom is -0.486 e. The molecule has 9 heteroatoms. The summed E-state index contributed by atoms with van der Waals surface area (Å²) in [5, 5.41) is 7.14. The van der Waals surface area contributed by atoms with Crippen molar-refractivity contribution < 1.29 is 14.3 Å². The van der Waals surface area contributed by atoms with E-state index in [2.05, 4.69) is 10.2 Å². The number of thioether (sulfide) groups is 1. The number of ether oxygens (including phenoxy) is 2. The molecule has 2 aliphatic heterocycles. The Kier molecular flexibility index (Phi) is 5.89. The van der Waals surface area contributed by atoms with Gasteiger partial charge in [-0.1, -0.05) is 48.2 Å². The van der Waals surface area contributed by atoms with Crippen LogP contribution in [0, 0.1) is 0 Å². The Balaban J connectivity index is 1.27. The summed E-state index contributed by atoms with van der Waals surface area (Å²) in [7, 11) is 0. The van der Waals surface area contributed by atoms with Gasteiger partial charge in [0.25, 0.3) is 0 Å². The fourth-order valence-electron chi connectivity index (χ4n) is 4.21. The van der Waals surface area contributed by atoms with Gasteiger partial charge < -0.3 is 14.4 Å². The lowest BCUT2D eigenvalue weighted by molar-refractivity contribution is -0.129. The molecular formula is C23H24N4O4S. The minimum absolute atomic E-state index is 0.0182. The zero-order valence-corrected chi connectivity index (χ0v) is 18.3. The highest BCUT2D eigenvalue weighted by Gasteiger charge is 2.31. The van der Waals surface area contributed by atoms with Gasteiger partial charge in [-0.2, -0.15) is 0 Å². The van der Waals surface area contributed by atoms with Gasteiger partial charge in [0.1, 0.15) is 13.2 Å². The van der Waals surface area contributed by atoms with Gasteiger partial charge in [-0.25, -0.2) is 9.89 Å². The van der Waals surface area contributed by atoms with Crippen LogP contribution in [0.5, 0.6) is 11.5 Å². The number of benzene rings is 2. The van der Waals surface area contributed by atoms with Crippen LogP contribution < -0.4 is 15.2 Å². The van der Waals surface area contributed by atoms with Crippen LogP contribution in [0.4, 0.5) is 0 Å². The number of nitrogens with zero attached hydrogens (tertiary/aromatic N) is 3. The summed E-state index contributed by atoms with van der Waals surface area (Å²) in [5.41, 5.74) is 1.78. The van der Waals surface area contributed by atoms with Crippen molar-refractivity contribution in [3.05, 3.63) is 70.1 Å². The number of aromatic nitrogens is 3. The first-order valence-electron chi connectivity index (χ1n) is 10.7. The van der Waals surface area contributed by atoms with E-state index in [0.29, 0.717) is 24.9 Å². The van der Waals surface area contributed by atoms with Gasteiger partial charge in [-0.05, 0) is 36.1 Å². The average molecular weight is 453 g/mol. The summed E-state index contributed by atoms with van der Waals surface area (Å²) in [6.07, 6.45) is 1.87. The Bertz CT molecular complexity index is 1160. The van der Waals surface area contributed by atoms with Crippen LogP contribution in [0.1, 0.15) is 30.0 Å². The third kappa shape index (κ3) is 4.25.